The average molecular weight is 462 g/mol. The van der Waals surface area contributed by atoms with Crippen molar-refractivity contribution in [2.45, 2.75) is 45.5 Å². The van der Waals surface area contributed by atoms with Crippen molar-refractivity contribution in [1.29, 1.82) is 0 Å². The Morgan fingerprint density at radius 2 is 1.94 bits per heavy atom. The molecule has 0 aliphatic carbocycles. The predicted octanol–water partition coefficient (Wildman–Crippen LogP) is 3.75. The minimum Gasteiger partial charge on any atom is -0.346 e. The molecule has 0 fully saturated rings. The quantitative estimate of drug-likeness (QED) is 0.585. The predicted molar refractivity (Wildman–Crippen MR) is 113 cm³/mol. The summed E-state index contributed by atoms with van der Waals surface area (Å²) in [6, 6.07) is 2.27. The first-order chi connectivity index (χ1) is 15.5. The second-order valence-corrected chi connectivity index (χ2v) is 8.05. The van der Waals surface area contributed by atoms with E-state index in [0.29, 0.717) is 41.9 Å². The van der Waals surface area contributed by atoms with E-state index in [9.17, 15) is 22.4 Å². The third-order valence-corrected chi connectivity index (χ3v) is 5.69. The Morgan fingerprint density at radius 3 is 2.67 bits per heavy atom. The maximum absolute atomic E-state index is 13.3. The zero-order valence-corrected chi connectivity index (χ0v) is 18.2. The smallest absolute Gasteiger partial charge is 0.346 e. The number of nitrogens with one attached hydrogen (secondary N) is 1. The van der Waals surface area contributed by atoms with E-state index < -0.39 is 17.6 Å². The minimum atomic E-state index is -4.65. The fraction of sp³-hybridized carbons (Fsp3) is 0.364. The van der Waals surface area contributed by atoms with E-state index in [2.05, 4.69) is 20.4 Å². The zero-order valence-electron chi connectivity index (χ0n) is 18.2. The van der Waals surface area contributed by atoms with E-state index in [1.54, 1.807) is 38.2 Å². The molecule has 174 valence electrons. The Morgan fingerprint density at radius 1 is 1.18 bits per heavy atom. The van der Waals surface area contributed by atoms with Crippen molar-refractivity contribution >= 4 is 17.4 Å². The lowest BCUT2D eigenvalue weighted by atomic mass is 10.1. The Bertz CT molecular complexity index is 1210. The number of carbonyl (C=O) groups excluding carboxylic acids is 1. The molecule has 1 aliphatic rings. The van der Waals surface area contributed by atoms with E-state index in [-0.39, 0.29) is 24.1 Å². The number of hydrogen-bond acceptors (Lipinski definition) is 5. The van der Waals surface area contributed by atoms with E-state index in [1.165, 1.54) is 4.68 Å². The second kappa shape index (κ2) is 8.45. The number of aromatic nitrogens is 4. The molecule has 33 heavy (non-hydrogen) atoms. The van der Waals surface area contributed by atoms with E-state index in [4.69, 9.17) is 0 Å². The Kier molecular flexibility index (Phi) is 5.81. The Hall–Kier alpha value is -3.50. The molecule has 1 amide bonds. The summed E-state index contributed by atoms with van der Waals surface area (Å²) in [6.07, 6.45) is -0.404. The number of aryl methyl sites for hydroxylation is 3. The van der Waals surface area contributed by atoms with Crippen LogP contribution in [0.5, 0.6) is 0 Å². The molecule has 0 saturated heterocycles. The van der Waals surface area contributed by atoms with Gasteiger partial charge in [-0.3, -0.25) is 9.48 Å². The van der Waals surface area contributed by atoms with Crippen LogP contribution in [0.2, 0.25) is 0 Å². The highest BCUT2D eigenvalue weighted by molar-refractivity contribution is 6.02. The van der Waals surface area contributed by atoms with Crippen LogP contribution in [0.3, 0.4) is 0 Å². The van der Waals surface area contributed by atoms with Crippen molar-refractivity contribution in [2.75, 3.05) is 17.3 Å². The summed E-state index contributed by atoms with van der Waals surface area (Å²) < 4.78 is 54.4. The number of hydrogen-bond donors (Lipinski definition) is 1. The van der Waals surface area contributed by atoms with E-state index in [0.717, 1.165) is 17.7 Å². The van der Waals surface area contributed by atoms with Gasteiger partial charge in [0.1, 0.15) is 23.4 Å². The molecule has 7 nitrogen and oxygen atoms in total. The van der Waals surface area contributed by atoms with Gasteiger partial charge in [-0.2, -0.15) is 18.3 Å². The van der Waals surface area contributed by atoms with Crippen molar-refractivity contribution < 1.29 is 22.4 Å². The van der Waals surface area contributed by atoms with Gasteiger partial charge in [-0.25, -0.2) is 14.4 Å². The molecule has 1 aromatic carbocycles. The van der Waals surface area contributed by atoms with Gasteiger partial charge in [-0.1, -0.05) is 6.07 Å². The molecule has 1 N–H and O–H groups in total. The van der Waals surface area contributed by atoms with Gasteiger partial charge in [0.05, 0.1) is 24.0 Å². The van der Waals surface area contributed by atoms with Crippen LogP contribution in [0.4, 0.5) is 29.1 Å². The van der Waals surface area contributed by atoms with Crippen molar-refractivity contribution in [3.05, 3.63) is 64.6 Å². The Labute approximate surface area is 187 Å². The summed E-state index contributed by atoms with van der Waals surface area (Å²) >= 11 is 0. The maximum atomic E-state index is 13.3. The molecule has 3 aromatic rings. The summed E-state index contributed by atoms with van der Waals surface area (Å²) in [5.41, 5.74) is 0.986. The topological polar surface area (TPSA) is 75.9 Å². The SMILES string of the molecule is Cc1nc(CCc2cnn(Cc3ccc(F)cc3C(F)(F)F)c2)nc2c1NC(=O)[C@H](C)N2C. The van der Waals surface area contributed by atoms with Gasteiger partial charge in [0, 0.05) is 19.7 Å². The highest BCUT2D eigenvalue weighted by Crippen LogP contribution is 2.33. The van der Waals surface area contributed by atoms with Gasteiger partial charge in [-0.05, 0) is 43.5 Å². The minimum absolute atomic E-state index is 0.0635. The average Bonchev–Trinajstić information content (AvgIpc) is 3.19. The van der Waals surface area contributed by atoms with Crippen LogP contribution in [0.15, 0.2) is 30.6 Å². The second-order valence-electron chi connectivity index (χ2n) is 8.05. The third kappa shape index (κ3) is 4.67. The largest absolute Gasteiger partial charge is 0.416 e. The number of carbonyl (C=O) groups is 1. The van der Waals surface area contributed by atoms with Crippen LogP contribution in [0.25, 0.3) is 0 Å². The fourth-order valence-corrected chi connectivity index (χ4v) is 3.72. The summed E-state index contributed by atoms with van der Waals surface area (Å²) in [7, 11) is 1.80. The van der Waals surface area contributed by atoms with Crippen LogP contribution < -0.4 is 10.2 Å². The van der Waals surface area contributed by atoms with E-state index in [1.807, 2.05) is 0 Å². The lowest BCUT2D eigenvalue weighted by Gasteiger charge is -2.32. The molecule has 0 bridgehead atoms. The summed E-state index contributed by atoms with van der Waals surface area (Å²) in [6.45, 7) is 3.45. The molecule has 0 radical (unpaired) electrons. The monoisotopic (exact) mass is 462 g/mol. The number of nitrogens with zero attached hydrogens (tertiary/aromatic N) is 5. The molecule has 0 saturated carbocycles. The molecule has 1 atom stereocenters. The van der Waals surface area contributed by atoms with Crippen LogP contribution in [-0.4, -0.2) is 38.7 Å². The van der Waals surface area contributed by atoms with Crippen LogP contribution in [-0.2, 0) is 30.4 Å². The highest BCUT2D eigenvalue weighted by atomic mass is 19.4. The van der Waals surface area contributed by atoms with Crippen molar-refractivity contribution in [3.63, 3.8) is 0 Å². The van der Waals surface area contributed by atoms with Crippen molar-refractivity contribution in [2.24, 2.45) is 0 Å². The number of amides is 1. The Balaban J connectivity index is 1.48. The van der Waals surface area contributed by atoms with Gasteiger partial charge in [0.15, 0.2) is 5.82 Å². The number of benzene rings is 1. The lowest BCUT2D eigenvalue weighted by molar-refractivity contribution is -0.138. The van der Waals surface area contributed by atoms with Gasteiger partial charge in [0.25, 0.3) is 0 Å². The first-order valence-electron chi connectivity index (χ1n) is 10.3. The molecule has 3 heterocycles. The van der Waals surface area contributed by atoms with E-state index >= 15 is 0 Å². The number of halogens is 4. The molecule has 2 aromatic heterocycles. The molecular formula is C22H22F4N6O. The van der Waals surface area contributed by atoms with Gasteiger partial charge in [-0.15, -0.1) is 0 Å². The number of alkyl halides is 3. The van der Waals surface area contributed by atoms with Gasteiger partial charge >= 0.3 is 6.18 Å². The molecular weight excluding hydrogens is 440 g/mol. The number of likely N-dealkylation sites (N-methyl/N-ethyl adjacent to an activating group) is 1. The lowest BCUT2D eigenvalue weighted by Crippen LogP contribution is -2.45. The number of fused-ring (bicyclic) bond motifs is 1. The van der Waals surface area contributed by atoms with Crippen LogP contribution >= 0.6 is 0 Å². The van der Waals surface area contributed by atoms with Crippen LogP contribution in [0.1, 0.15) is 35.1 Å². The molecule has 0 spiro atoms. The fourth-order valence-electron chi connectivity index (χ4n) is 3.72. The summed E-state index contributed by atoms with van der Waals surface area (Å²) in [5.74, 6) is 0.183. The van der Waals surface area contributed by atoms with Crippen molar-refractivity contribution in [3.8, 4) is 0 Å². The standard InChI is InChI=1S/C22H22F4N6O/c1-12-19-20(31(3)13(2)21(33)30-19)29-18(28-12)7-4-14-9-27-32(10-14)11-15-5-6-16(23)8-17(15)22(24,25)26/h5-6,8-10,13H,4,7,11H2,1-3H3,(H,30,33)/t13-/m0/s1. The first kappa shape index (κ1) is 22.7. The van der Waals surface area contributed by atoms with Gasteiger partial charge in [0.2, 0.25) is 5.91 Å². The summed E-state index contributed by atoms with van der Waals surface area (Å²) in [5, 5.41) is 6.98. The molecule has 1 aliphatic heterocycles. The van der Waals surface area contributed by atoms with Crippen molar-refractivity contribution in [1.82, 2.24) is 19.7 Å². The molecule has 4 rings (SSSR count). The first-order valence-corrected chi connectivity index (χ1v) is 10.3. The highest BCUT2D eigenvalue weighted by Gasteiger charge is 2.34. The maximum Gasteiger partial charge on any atom is 0.416 e. The third-order valence-electron chi connectivity index (χ3n) is 5.69. The van der Waals surface area contributed by atoms with Crippen LogP contribution in [0, 0.1) is 12.7 Å². The summed E-state index contributed by atoms with van der Waals surface area (Å²) in [4.78, 5) is 22.9. The molecule has 11 heteroatoms. The number of rotatable bonds is 5. The normalized spacial score (nSPS) is 16.0. The zero-order chi connectivity index (χ0) is 23.9. The molecule has 0 unspecified atom stereocenters. The number of anilines is 2. The van der Waals surface area contributed by atoms with Gasteiger partial charge < -0.3 is 10.2 Å².